The molecule has 3 rings (SSSR count). The van der Waals surface area contributed by atoms with Gasteiger partial charge in [0.05, 0.1) is 18.3 Å². The third kappa shape index (κ3) is 6.61. The minimum atomic E-state index is -4.54. The number of alkyl halides is 3. The van der Waals surface area contributed by atoms with E-state index >= 15 is 0 Å². The number of anilines is 1. The number of oxazole rings is 1. The van der Waals surface area contributed by atoms with Gasteiger partial charge in [-0.1, -0.05) is 18.5 Å². The number of nitrogens with zero attached hydrogens (tertiary/aromatic N) is 3. The molecule has 0 radical (unpaired) electrons. The minimum Gasteiger partial charge on any atom is -0.447 e. The van der Waals surface area contributed by atoms with Crippen LogP contribution in [-0.4, -0.2) is 45.3 Å². The van der Waals surface area contributed by atoms with Gasteiger partial charge >= 0.3 is 12.3 Å². The summed E-state index contributed by atoms with van der Waals surface area (Å²) in [4.78, 5) is 20.6. The van der Waals surface area contributed by atoms with Crippen LogP contribution in [0.15, 0.2) is 28.9 Å². The van der Waals surface area contributed by atoms with Gasteiger partial charge < -0.3 is 24.1 Å². The summed E-state index contributed by atoms with van der Waals surface area (Å²) in [6.07, 6.45) is -2.13. The fraction of sp³-hybridized carbons (Fsp3) is 0.583. The van der Waals surface area contributed by atoms with Crippen LogP contribution in [0.1, 0.15) is 63.8 Å². The Morgan fingerprint density at radius 1 is 1.34 bits per heavy atom. The summed E-state index contributed by atoms with van der Waals surface area (Å²) in [7, 11) is 0. The highest BCUT2D eigenvalue weighted by Crippen LogP contribution is 2.35. The monoisotopic (exact) mass is 517 g/mol. The van der Waals surface area contributed by atoms with Gasteiger partial charge in [-0.15, -0.1) is 0 Å². The lowest BCUT2D eigenvalue weighted by atomic mass is 9.89. The summed E-state index contributed by atoms with van der Waals surface area (Å²) in [5.41, 5.74) is -0.185. The molecule has 1 amide bonds. The lowest BCUT2D eigenvalue weighted by Gasteiger charge is -2.46. The van der Waals surface area contributed by atoms with E-state index in [1.807, 2.05) is 13.8 Å². The van der Waals surface area contributed by atoms with Crippen LogP contribution >= 0.6 is 11.6 Å². The summed E-state index contributed by atoms with van der Waals surface area (Å²) < 4.78 is 51.2. The van der Waals surface area contributed by atoms with Crippen molar-refractivity contribution in [1.82, 2.24) is 9.88 Å². The number of hydrogen-bond donors (Lipinski definition) is 1. The van der Waals surface area contributed by atoms with Crippen LogP contribution in [0.3, 0.4) is 0 Å². The molecule has 194 valence electrons. The Morgan fingerprint density at radius 3 is 2.63 bits per heavy atom. The predicted octanol–water partition coefficient (Wildman–Crippen LogP) is 6.02. The number of piperidine rings is 1. The Morgan fingerprint density at radius 2 is 2.06 bits per heavy atom. The quantitative estimate of drug-likeness (QED) is 0.483. The third-order valence-electron chi connectivity index (χ3n) is 6.07. The van der Waals surface area contributed by atoms with E-state index in [0.717, 1.165) is 12.1 Å². The predicted molar refractivity (Wildman–Crippen MR) is 125 cm³/mol. The summed E-state index contributed by atoms with van der Waals surface area (Å²) in [6.45, 7) is 7.20. The van der Waals surface area contributed by atoms with E-state index in [4.69, 9.17) is 20.8 Å². The van der Waals surface area contributed by atoms with Crippen molar-refractivity contribution in [2.24, 2.45) is 0 Å². The molecule has 0 saturated carbocycles. The highest BCUT2D eigenvalue weighted by atomic mass is 35.5. The maximum atomic E-state index is 13.4. The molecule has 1 N–H and O–H groups in total. The molecule has 1 fully saturated rings. The topological polar surface area (TPSA) is 79.0 Å². The number of ether oxygens (including phenoxy) is 1. The number of rotatable bonds is 7. The molecule has 3 atom stereocenters. The van der Waals surface area contributed by atoms with Crippen molar-refractivity contribution in [2.75, 3.05) is 4.90 Å². The van der Waals surface area contributed by atoms with Crippen LogP contribution in [0, 0.1) is 0 Å². The summed E-state index contributed by atoms with van der Waals surface area (Å²) in [5.74, 6) is 0. The average molecular weight is 518 g/mol. The molecule has 0 aliphatic carbocycles. The maximum absolute atomic E-state index is 13.4. The molecule has 2 heterocycles. The lowest BCUT2D eigenvalue weighted by molar-refractivity contribution is -0.137. The largest absolute Gasteiger partial charge is 0.447 e. The van der Waals surface area contributed by atoms with Gasteiger partial charge in [-0.2, -0.15) is 18.2 Å². The lowest BCUT2D eigenvalue weighted by Crippen LogP contribution is -2.56. The van der Waals surface area contributed by atoms with E-state index < -0.39 is 11.7 Å². The number of halogens is 4. The number of aliphatic hydroxyl groups is 1. The first-order valence-electron chi connectivity index (χ1n) is 11.6. The first-order chi connectivity index (χ1) is 16.4. The Bertz CT molecular complexity index is 1010. The Balaban J connectivity index is 1.94. The first-order valence-corrected chi connectivity index (χ1v) is 12.0. The fourth-order valence-corrected chi connectivity index (χ4v) is 4.81. The second-order valence-corrected chi connectivity index (χ2v) is 9.57. The Hall–Kier alpha value is -2.46. The van der Waals surface area contributed by atoms with Gasteiger partial charge in [0.25, 0.3) is 6.01 Å². The fourth-order valence-electron chi connectivity index (χ4n) is 4.56. The molecule has 2 aromatic rings. The molecule has 1 unspecified atom stereocenters. The molecule has 1 aromatic heterocycles. The number of aromatic nitrogens is 1. The zero-order chi connectivity index (χ0) is 25.9. The molecule has 0 spiro atoms. The van der Waals surface area contributed by atoms with Crippen LogP contribution in [-0.2, 0) is 24.1 Å². The molecule has 35 heavy (non-hydrogen) atoms. The average Bonchev–Trinajstić information content (AvgIpc) is 3.24. The number of amides is 1. The number of likely N-dealkylation sites (tertiary alicyclic amines) is 1. The number of hydrogen-bond acceptors (Lipinski definition) is 6. The molecular weight excluding hydrogens is 487 g/mol. The van der Waals surface area contributed by atoms with E-state index in [2.05, 4.69) is 4.98 Å². The van der Waals surface area contributed by atoms with Crippen LogP contribution < -0.4 is 4.90 Å². The van der Waals surface area contributed by atoms with E-state index in [0.29, 0.717) is 30.5 Å². The molecule has 11 heteroatoms. The van der Waals surface area contributed by atoms with E-state index in [9.17, 15) is 23.1 Å². The van der Waals surface area contributed by atoms with E-state index in [-0.39, 0.29) is 54.5 Å². The molecule has 0 bridgehead atoms. The van der Waals surface area contributed by atoms with Crippen LogP contribution in [0.5, 0.6) is 0 Å². The highest BCUT2D eigenvalue weighted by molar-refractivity contribution is 6.30. The molecule has 7 nitrogen and oxygen atoms in total. The van der Waals surface area contributed by atoms with Crippen LogP contribution in [0.4, 0.5) is 24.0 Å². The van der Waals surface area contributed by atoms with E-state index in [1.54, 1.807) is 23.6 Å². The van der Waals surface area contributed by atoms with Crippen molar-refractivity contribution in [3.05, 3.63) is 46.3 Å². The maximum Gasteiger partial charge on any atom is 0.416 e. The zero-order valence-corrected chi connectivity index (χ0v) is 20.9. The van der Waals surface area contributed by atoms with Crippen LogP contribution in [0.25, 0.3) is 0 Å². The van der Waals surface area contributed by atoms with Crippen molar-refractivity contribution >= 4 is 23.7 Å². The standard InChI is InChI=1S/C24H31ClF3N3O4/c1-5-20-10-21(6-15(4)31(20)23(33)35-14(2)3)30(22-29-19(12-32)13-34-22)11-16-7-17(24(26,27)28)9-18(25)8-16/h7-9,13-15,20-21,32H,5-6,10-12H2,1-4H3/t15?,20-,21-/m1/s1. The Labute approximate surface area is 207 Å². The second kappa shape index (κ2) is 11.1. The van der Waals surface area contributed by atoms with Gasteiger partial charge in [0.1, 0.15) is 12.0 Å². The van der Waals surface area contributed by atoms with Crippen molar-refractivity contribution in [3.63, 3.8) is 0 Å². The normalized spacial score (nSPS) is 20.9. The van der Waals surface area contributed by atoms with Gasteiger partial charge in [0.15, 0.2) is 0 Å². The summed E-state index contributed by atoms with van der Waals surface area (Å²) >= 11 is 6.01. The van der Waals surface area contributed by atoms with Crippen LogP contribution in [0.2, 0.25) is 5.02 Å². The Kier molecular flexibility index (Phi) is 8.58. The summed E-state index contributed by atoms with van der Waals surface area (Å²) in [6, 6.07) is 3.09. The molecule has 1 aliphatic heterocycles. The SMILES string of the molecule is CC[C@@H]1C[C@H](N(Cc2cc(Cl)cc(C(F)(F)F)c2)c2nc(CO)co2)CC(C)N1C(=O)OC(C)C. The smallest absolute Gasteiger partial charge is 0.416 e. The second-order valence-electron chi connectivity index (χ2n) is 9.13. The van der Waals surface area contributed by atoms with Gasteiger partial charge in [0, 0.05) is 29.7 Å². The molecule has 1 saturated heterocycles. The molecule has 1 aromatic carbocycles. The zero-order valence-electron chi connectivity index (χ0n) is 20.2. The van der Waals surface area contributed by atoms with Crippen molar-refractivity contribution < 1.29 is 32.2 Å². The van der Waals surface area contributed by atoms with Gasteiger partial charge in [-0.25, -0.2) is 4.79 Å². The van der Waals surface area contributed by atoms with Gasteiger partial charge in [-0.3, -0.25) is 0 Å². The number of carbonyl (C=O) groups excluding carboxylic acids is 1. The van der Waals surface area contributed by atoms with Crippen molar-refractivity contribution in [2.45, 2.75) is 90.5 Å². The molecule has 1 aliphatic rings. The first kappa shape index (κ1) is 27.1. The van der Waals surface area contributed by atoms with Gasteiger partial charge in [0.2, 0.25) is 0 Å². The van der Waals surface area contributed by atoms with Gasteiger partial charge in [-0.05, 0) is 63.8 Å². The number of carbonyl (C=O) groups is 1. The highest BCUT2D eigenvalue weighted by Gasteiger charge is 2.40. The minimum absolute atomic E-state index is 0.0238. The number of benzene rings is 1. The summed E-state index contributed by atoms with van der Waals surface area (Å²) in [5, 5.41) is 9.42. The molecular formula is C24H31ClF3N3O4. The van der Waals surface area contributed by atoms with E-state index in [1.165, 1.54) is 12.3 Å². The van der Waals surface area contributed by atoms with Crippen molar-refractivity contribution in [3.8, 4) is 0 Å². The number of aliphatic hydroxyl groups excluding tert-OH is 1. The third-order valence-corrected chi connectivity index (χ3v) is 6.29. The van der Waals surface area contributed by atoms with Crippen molar-refractivity contribution in [1.29, 1.82) is 0 Å².